The van der Waals surface area contributed by atoms with Gasteiger partial charge in [-0.25, -0.2) is 0 Å². The van der Waals surface area contributed by atoms with Gasteiger partial charge in [0.1, 0.15) is 0 Å². The van der Waals surface area contributed by atoms with Gasteiger partial charge in [0.05, 0.1) is 5.60 Å². The van der Waals surface area contributed by atoms with Gasteiger partial charge in [-0.05, 0) is 18.1 Å². The van der Waals surface area contributed by atoms with Crippen LogP contribution >= 0.6 is 0 Å². The monoisotopic (exact) mass is 224 g/mol. The van der Waals surface area contributed by atoms with Crippen LogP contribution in [0.3, 0.4) is 0 Å². The van der Waals surface area contributed by atoms with Crippen molar-refractivity contribution >= 4 is 16.6 Å². The third-order valence-electron chi connectivity index (χ3n) is 2.89. The van der Waals surface area contributed by atoms with Crippen LogP contribution in [0.25, 0.3) is 0 Å². The largest absolute Gasteiger partial charge is 0.505 e. The summed E-state index contributed by atoms with van der Waals surface area (Å²) >= 11 is 2.37. The molecule has 0 heterocycles. The van der Waals surface area contributed by atoms with Gasteiger partial charge in [-0.1, -0.05) is 60.7 Å². The summed E-state index contributed by atoms with van der Waals surface area (Å²) in [5.74, 6) is 0. The maximum Gasteiger partial charge on any atom is 0.371 e. The molecule has 2 heteroatoms. The van der Waals surface area contributed by atoms with E-state index in [2.05, 4.69) is 47.8 Å². The average molecular weight is 224 g/mol. The second kappa shape index (κ2) is 4.84. The average Bonchev–Trinajstić information content (AvgIpc) is 2.40. The molecular formula is C14H13AlO. The molecule has 0 amide bonds. The second-order valence-electron chi connectivity index (χ2n) is 3.88. The lowest BCUT2D eigenvalue weighted by Gasteiger charge is -2.31. The van der Waals surface area contributed by atoms with Crippen LogP contribution in [0.1, 0.15) is 18.1 Å². The summed E-state index contributed by atoms with van der Waals surface area (Å²) in [7, 11) is 0. The molecule has 0 bridgehead atoms. The van der Waals surface area contributed by atoms with Crippen molar-refractivity contribution in [3.63, 3.8) is 0 Å². The molecule has 0 saturated heterocycles. The molecule has 2 aromatic rings. The normalized spacial score (nSPS) is 11.3. The Morgan fingerprint density at radius 3 is 1.50 bits per heavy atom. The predicted molar refractivity (Wildman–Crippen MR) is 66.2 cm³/mol. The molecular weight excluding hydrogens is 211 g/mol. The van der Waals surface area contributed by atoms with Crippen molar-refractivity contribution in [3.8, 4) is 0 Å². The van der Waals surface area contributed by atoms with Gasteiger partial charge in [0, 0.05) is 0 Å². The Morgan fingerprint density at radius 1 is 0.812 bits per heavy atom. The van der Waals surface area contributed by atoms with E-state index in [9.17, 15) is 0 Å². The van der Waals surface area contributed by atoms with Gasteiger partial charge in [-0.15, -0.1) is 0 Å². The minimum atomic E-state index is -0.410. The number of rotatable bonds is 3. The first-order valence-corrected chi connectivity index (χ1v) is 5.73. The molecule has 0 saturated carbocycles. The standard InChI is InChI=1S/C14H13O.Al/c1-14(15,12-8-4-2-5-9-12)13-10-6-3-7-11-13;/h2-11H,1H3;/q-1;+1. The van der Waals surface area contributed by atoms with Gasteiger partial charge in [0.2, 0.25) is 0 Å². The number of hydrogen-bond acceptors (Lipinski definition) is 1. The molecule has 0 fully saturated rings. The van der Waals surface area contributed by atoms with Gasteiger partial charge in [-0.2, -0.15) is 0 Å². The number of benzene rings is 2. The lowest BCUT2D eigenvalue weighted by atomic mass is 9.88. The first-order valence-electron chi connectivity index (χ1n) is 5.26. The van der Waals surface area contributed by atoms with Gasteiger partial charge in [0.15, 0.2) is 0 Å². The zero-order valence-corrected chi connectivity index (χ0v) is 10.4. The summed E-state index contributed by atoms with van der Waals surface area (Å²) in [5, 5.41) is 0. The van der Waals surface area contributed by atoms with Crippen molar-refractivity contribution in [3.05, 3.63) is 71.8 Å². The molecule has 2 aromatic carbocycles. The highest BCUT2D eigenvalue weighted by Crippen LogP contribution is 2.31. The summed E-state index contributed by atoms with van der Waals surface area (Å²) in [6.45, 7) is 2.07. The maximum absolute atomic E-state index is 5.63. The Hall–Kier alpha value is -1.07. The van der Waals surface area contributed by atoms with Crippen molar-refractivity contribution in [1.82, 2.24) is 0 Å². The molecule has 16 heavy (non-hydrogen) atoms. The van der Waals surface area contributed by atoms with Crippen LogP contribution in [0.15, 0.2) is 60.7 Å². The third kappa shape index (κ3) is 2.06. The van der Waals surface area contributed by atoms with E-state index in [-0.39, 0.29) is 0 Å². The summed E-state index contributed by atoms with van der Waals surface area (Å²) in [4.78, 5) is 0. The Bertz CT molecular complexity index is 399. The zero-order valence-electron chi connectivity index (χ0n) is 9.26. The third-order valence-corrected chi connectivity index (χ3v) is 3.36. The lowest BCUT2D eigenvalue weighted by Crippen LogP contribution is -2.26. The molecule has 0 unspecified atom stereocenters. The first kappa shape index (κ1) is 11.4. The summed E-state index contributed by atoms with van der Waals surface area (Å²) in [6, 6.07) is 20.5. The van der Waals surface area contributed by atoms with Crippen LogP contribution in [0.5, 0.6) is 0 Å². The lowest BCUT2D eigenvalue weighted by molar-refractivity contribution is 0.148. The highest BCUT2D eigenvalue weighted by Gasteiger charge is 2.26. The van der Waals surface area contributed by atoms with E-state index in [0.29, 0.717) is 0 Å². The zero-order chi connectivity index (χ0) is 11.4. The summed E-state index contributed by atoms with van der Waals surface area (Å²) in [6.07, 6.45) is 0. The highest BCUT2D eigenvalue weighted by atomic mass is 27.1. The van der Waals surface area contributed by atoms with Crippen molar-refractivity contribution in [2.75, 3.05) is 0 Å². The van der Waals surface area contributed by atoms with E-state index in [4.69, 9.17) is 3.79 Å². The fraction of sp³-hybridized carbons (Fsp3) is 0.143. The van der Waals surface area contributed by atoms with E-state index < -0.39 is 5.60 Å². The molecule has 0 atom stereocenters. The molecule has 0 spiro atoms. The molecule has 0 aliphatic heterocycles. The van der Waals surface area contributed by atoms with Crippen molar-refractivity contribution < 1.29 is 3.79 Å². The molecule has 2 radical (unpaired) electrons. The fourth-order valence-corrected chi connectivity index (χ4v) is 2.09. The van der Waals surface area contributed by atoms with Gasteiger partial charge in [-0.3, -0.25) is 0 Å². The number of hydrogen-bond donors (Lipinski definition) is 0. The summed E-state index contributed by atoms with van der Waals surface area (Å²) < 4.78 is 5.63. The van der Waals surface area contributed by atoms with Gasteiger partial charge < -0.3 is 3.79 Å². The van der Waals surface area contributed by atoms with E-state index in [0.717, 1.165) is 11.1 Å². The minimum Gasteiger partial charge on any atom is -0.505 e. The minimum absolute atomic E-state index is 0.410. The quantitative estimate of drug-likeness (QED) is 0.728. The van der Waals surface area contributed by atoms with Crippen molar-refractivity contribution in [1.29, 1.82) is 0 Å². The van der Waals surface area contributed by atoms with E-state index >= 15 is 0 Å². The van der Waals surface area contributed by atoms with Crippen LogP contribution in [-0.4, -0.2) is 16.6 Å². The smallest absolute Gasteiger partial charge is 0.371 e. The van der Waals surface area contributed by atoms with Crippen molar-refractivity contribution in [2.24, 2.45) is 0 Å². The first-order chi connectivity index (χ1) is 7.77. The molecule has 0 N–H and O–H groups in total. The van der Waals surface area contributed by atoms with E-state index in [1.54, 1.807) is 0 Å². The fourth-order valence-electron chi connectivity index (χ4n) is 1.82. The van der Waals surface area contributed by atoms with Crippen LogP contribution < -0.4 is 0 Å². The molecule has 78 valence electrons. The Morgan fingerprint density at radius 2 is 1.19 bits per heavy atom. The van der Waals surface area contributed by atoms with Gasteiger partial charge >= 0.3 is 16.6 Å². The van der Waals surface area contributed by atoms with Gasteiger partial charge in [0.25, 0.3) is 0 Å². The maximum atomic E-state index is 5.63. The van der Waals surface area contributed by atoms with E-state index in [1.165, 1.54) is 0 Å². The Labute approximate surface area is 105 Å². The highest BCUT2D eigenvalue weighted by molar-refractivity contribution is 5.98. The van der Waals surface area contributed by atoms with Crippen LogP contribution in [0.4, 0.5) is 0 Å². The van der Waals surface area contributed by atoms with Crippen LogP contribution in [-0.2, 0) is 9.39 Å². The topological polar surface area (TPSA) is 9.23 Å². The summed E-state index contributed by atoms with van der Waals surface area (Å²) in [5.41, 5.74) is 1.89. The molecule has 0 aliphatic carbocycles. The van der Waals surface area contributed by atoms with Crippen LogP contribution in [0, 0.1) is 0 Å². The molecule has 0 aliphatic rings. The van der Waals surface area contributed by atoms with E-state index in [1.807, 2.05) is 36.4 Å². The second-order valence-corrected chi connectivity index (χ2v) is 4.12. The molecule has 2 rings (SSSR count). The molecule has 0 aromatic heterocycles. The van der Waals surface area contributed by atoms with Crippen molar-refractivity contribution in [2.45, 2.75) is 12.5 Å². The molecule has 1 nitrogen and oxygen atoms in total. The predicted octanol–water partition coefficient (Wildman–Crippen LogP) is 3.05. The SMILES string of the molecule is CC([O][Al])(c1ccccc1)c1ccccc1. The Kier molecular flexibility index (Phi) is 3.46. The Balaban J connectivity index is 2.49. The van der Waals surface area contributed by atoms with Crippen LogP contribution in [0.2, 0.25) is 0 Å².